The number of halogens is 2. The highest BCUT2D eigenvalue weighted by molar-refractivity contribution is 5.34. The molecule has 0 spiro atoms. The third-order valence-electron chi connectivity index (χ3n) is 2.88. The standard InChI is InChI=1S/C14H14F2N2/c1-9-5-6-11(8-13(9)16)14(18-17)10-3-2-4-12(15)7-10/h2-8,14,18H,17H2,1H3. The molecule has 2 nitrogen and oxygen atoms in total. The van der Waals surface area contributed by atoms with Gasteiger partial charge in [-0.05, 0) is 41.8 Å². The normalized spacial score (nSPS) is 12.4. The fourth-order valence-corrected chi connectivity index (χ4v) is 1.86. The van der Waals surface area contributed by atoms with Gasteiger partial charge in [0.2, 0.25) is 0 Å². The zero-order valence-corrected chi connectivity index (χ0v) is 9.95. The molecule has 0 heterocycles. The van der Waals surface area contributed by atoms with E-state index in [4.69, 9.17) is 5.84 Å². The zero-order valence-electron chi connectivity index (χ0n) is 9.95. The second kappa shape index (κ2) is 5.25. The molecule has 2 aromatic carbocycles. The van der Waals surface area contributed by atoms with Gasteiger partial charge in [-0.2, -0.15) is 0 Å². The maximum absolute atomic E-state index is 13.5. The molecule has 3 N–H and O–H groups in total. The maximum atomic E-state index is 13.5. The van der Waals surface area contributed by atoms with E-state index in [-0.39, 0.29) is 11.6 Å². The highest BCUT2D eigenvalue weighted by Gasteiger charge is 2.14. The first-order valence-electron chi connectivity index (χ1n) is 5.59. The van der Waals surface area contributed by atoms with Crippen LogP contribution in [-0.4, -0.2) is 0 Å². The van der Waals surface area contributed by atoms with E-state index in [2.05, 4.69) is 5.43 Å². The molecule has 4 heteroatoms. The Balaban J connectivity index is 2.42. The summed E-state index contributed by atoms with van der Waals surface area (Å²) in [6.45, 7) is 1.69. The second-order valence-electron chi connectivity index (χ2n) is 4.16. The van der Waals surface area contributed by atoms with E-state index in [1.807, 2.05) is 0 Å². The maximum Gasteiger partial charge on any atom is 0.126 e. The van der Waals surface area contributed by atoms with Crippen LogP contribution in [0.25, 0.3) is 0 Å². The predicted molar refractivity (Wildman–Crippen MR) is 66.7 cm³/mol. The van der Waals surface area contributed by atoms with E-state index in [1.165, 1.54) is 18.2 Å². The van der Waals surface area contributed by atoms with Crippen LogP contribution in [0, 0.1) is 18.6 Å². The van der Waals surface area contributed by atoms with E-state index < -0.39 is 6.04 Å². The minimum absolute atomic E-state index is 0.302. The monoisotopic (exact) mass is 248 g/mol. The molecule has 0 aliphatic heterocycles. The Morgan fingerprint density at radius 2 is 1.78 bits per heavy atom. The SMILES string of the molecule is Cc1ccc(C(NN)c2cccc(F)c2)cc1F. The van der Waals surface area contributed by atoms with Crippen LogP contribution in [-0.2, 0) is 0 Å². The molecule has 2 aromatic rings. The Morgan fingerprint density at radius 3 is 2.39 bits per heavy atom. The van der Waals surface area contributed by atoms with Crippen molar-refractivity contribution in [3.05, 3.63) is 70.8 Å². The van der Waals surface area contributed by atoms with Crippen molar-refractivity contribution in [2.45, 2.75) is 13.0 Å². The van der Waals surface area contributed by atoms with Crippen molar-refractivity contribution in [1.29, 1.82) is 0 Å². The van der Waals surface area contributed by atoms with E-state index >= 15 is 0 Å². The number of nitrogens with one attached hydrogen (secondary N) is 1. The van der Waals surface area contributed by atoms with E-state index in [1.54, 1.807) is 31.2 Å². The average molecular weight is 248 g/mol. The molecule has 0 aliphatic rings. The van der Waals surface area contributed by atoms with Crippen LogP contribution >= 0.6 is 0 Å². The Labute approximate surface area is 104 Å². The Hall–Kier alpha value is -1.78. The fourth-order valence-electron chi connectivity index (χ4n) is 1.86. The van der Waals surface area contributed by atoms with Gasteiger partial charge in [0.25, 0.3) is 0 Å². The molecule has 2 rings (SSSR count). The smallest absolute Gasteiger partial charge is 0.126 e. The lowest BCUT2D eigenvalue weighted by Crippen LogP contribution is -2.29. The van der Waals surface area contributed by atoms with Crippen molar-refractivity contribution < 1.29 is 8.78 Å². The van der Waals surface area contributed by atoms with Crippen molar-refractivity contribution in [2.24, 2.45) is 5.84 Å². The number of hydrogen-bond donors (Lipinski definition) is 2. The lowest BCUT2D eigenvalue weighted by molar-refractivity contribution is 0.591. The molecule has 1 atom stereocenters. The first-order chi connectivity index (χ1) is 8.61. The first kappa shape index (κ1) is 12.7. The molecule has 0 radical (unpaired) electrons. The molecule has 1 unspecified atom stereocenters. The summed E-state index contributed by atoms with van der Waals surface area (Å²) in [5, 5.41) is 0. The van der Waals surface area contributed by atoms with E-state index in [0.29, 0.717) is 16.7 Å². The molecule has 0 amide bonds. The molecule has 0 aromatic heterocycles. The van der Waals surface area contributed by atoms with Crippen molar-refractivity contribution in [1.82, 2.24) is 5.43 Å². The Kier molecular flexibility index (Phi) is 3.69. The molecule has 0 aliphatic carbocycles. The number of rotatable bonds is 3. The van der Waals surface area contributed by atoms with Crippen molar-refractivity contribution in [3.8, 4) is 0 Å². The summed E-state index contributed by atoms with van der Waals surface area (Å²) in [5.74, 6) is 4.83. The van der Waals surface area contributed by atoms with Gasteiger partial charge in [-0.3, -0.25) is 5.84 Å². The van der Waals surface area contributed by atoms with Crippen LogP contribution in [0.3, 0.4) is 0 Å². The van der Waals surface area contributed by atoms with Gasteiger partial charge in [0, 0.05) is 0 Å². The van der Waals surface area contributed by atoms with Gasteiger partial charge in [-0.15, -0.1) is 0 Å². The van der Waals surface area contributed by atoms with Gasteiger partial charge in [0.15, 0.2) is 0 Å². The lowest BCUT2D eigenvalue weighted by atomic mass is 9.98. The zero-order chi connectivity index (χ0) is 13.1. The summed E-state index contributed by atoms with van der Waals surface area (Å²) < 4.78 is 26.7. The first-order valence-corrected chi connectivity index (χ1v) is 5.59. The van der Waals surface area contributed by atoms with Crippen LogP contribution in [0.2, 0.25) is 0 Å². The number of nitrogens with two attached hydrogens (primary N) is 1. The minimum Gasteiger partial charge on any atom is -0.271 e. The van der Waals surface area contributed by atoms with Gasteiger partial charge in [-0.1, -0.05) is 24.3 Å². The van der Waals surface area contributed by atoms with Gasteiger partial charge in [0.05, 0.1) is 6.04 Å². The number of benzene rings is 2. The topological polar surface area (TPSA) is 38.0 Å². The molecule has 0 saturated heterocycles. The van der Waals surface area contributed by atoms with Crippen LogP contribution in [0.5, 0.6) is 0 Å². The summed E-state index contributed by atoms with van der Waals surface area (Å²) in [4.78, 5) is 0. The quantitative estimate of drug-likeness (QED) is 0.647. The summed E-state index contributed by atoms with van der Waals surface area (Å²) in [6, 6.07) is 10.5. The molecule has 18 heavy (non-hydrogen) atoms. The van der Waals surface area contributed by atoms with E-state index in [0.717, 1.165) is 0 Å². The van der Waals surface area contributed by atoms with Crippen LogP contribution in [0.4, 0.5) is 8.78 Å². The fraction of sp³-hybridized carbons (Fsp3) is 0.143. The van der Waals surface area contributed by atoms with Gasteiger partial charge < -0.3 is 0 Å². The number of aryl methyl sites for hydroxylation is 1. The third kappa shape index (κ3) is 2.55. The summed E-state index contributed by atoms with van der Waals surface area (Å²) in [6.07, 6.45) is 0. The van der Waals surface area contributed by atoms with Crippen molar-refractivity contribution >= 4 is 0 Å². The van der Waals surface area contributed by atoms with Crippen molar-refractivity contribution in [2.75, 3.05) is 0 Å². The van der Waals surface area contributed by atoms with Crippen LogP contribution in [0.1, 0.15) is 22.7 Å². The largest absolute Gasteiger partial charge is 0.271 e. The van der Waals surface area contributed by atoms with Gasteiger partial charge in [-0.25, -0.2) is 14.2 Å². The average Bonchev–Trinajstić information content (AvgIpc) is 2.35. The van der Waals surface area contributed by atoms with E-state index in [9.17, 15) is 8.78 Å². The highest BCUT2D eigenvalue weighted by Crippen LogP contribution is 2.23. The second-order valence-corrected chi connectivity index (χ2v) is 4.16. The molecule has 0 bridgehead atoms. The van der Waals surface area contributed by atoms with Gasteiger partial charge in [0.1, 0.15) is 11.6 Å². The third-order valence-corrected chi connectivity index (χ3v) is 2.88. The van der Waals surface area contributed by atoms with Crippen molar-refractivity contribution in [3.63, 3.8) is 0 Å². The number of hydrazine groups is 1. The Bertz CT molecular complexity index is 555. The molecule has 0 saturated carbocycles. The predicted octanol–water partition coefficient (Wildman–Crippen LogP) is 2.83. The number of hydrogen-bond acceptors (Lipinski definition) is 2. The summed E-state index contributed by atoms with van der Waals surface area (Å²) in [5.41, 5.74) is 4.45. The molecule has 94 valence electrons. The summed E-state index contributed by atoms with van der Waals surface area (Å²) >= 11 is 0. The van der Waals surface area contributed by atoms with Crippen LogP contribution < -0.4 is 11.3 Å². The minimum atomic E-state index is -0.434. The van der Waals surface area contributed by atoms with Crippen LogP contribution in [0.15, 0.2) is 42.5 Å². The molecular weight excluding hydrogens is 234 g/mol. The molecular formula is C14H14F2N2. The van der Waals surface area contributed by atoms with Gasteiger partial charge >= 0.3 is 0 Å². The summed E-state index contributed by atoms with van der Waals surface area (Å²) in [7, 11) is 0. The lowest BCUT2D eigenvalue weighted by Gasteiger charge is -2.17. The Morgan fingerprint density at radius 1 is 1.06 bits per heavy atom. The highest BCUT2D eigenvalue weighted by atomic mass is 19.1. The molecule has 0 fully saturated rings.